The quantitative estimate of drug-likeness (QED) is 0.657. The predicted molar refractivity (Wildman–Crippen MR) is 109 cm³/mol. The zero-order chi connectivity index (χ0) is 20.5. The van der Waals surface area contributed by atoms with E-state index in [-0.39, 0.29) is 24.5 Å². The van der Waals surface area contributed by atoms with E-state index in [1.54, 1.807) is 24.3 Å². The van der Waals surface area contributed by atoms with Gasteiger partial charge in [0.15, 0.2) is 6.61 Å². The number of rotatable bonds is 9. The van der Waals surface area contributed by atoms with Gasteiger partial charge in [0.05, 0.1) is 11.7 Å². The van der Waals surface area contributed by atoms with Crippen molar-refractivity contribution in [1.82, 2.24) is 5.32 Å². The largest absolute Gasteiger partial charge is 0.491 e. The Morgan fingerprint density at radius 3 is 2.59 bits per heavy atom. The molecule has 2 aromatic rings. The van der Waals surface area contributed by atoms with Gasteiger partial charge < -0.3 is 19.5 Å². The van der Waals surface area contributed by atoms with Crippen LogP contribution in [-0.2, 0) is 14.3 Å². The number of amides is 1. The van der Waals surface area contributed by atoms with Gasteiger partial charge in [0.25, 0.3) is 5.91 Å². The van der Waals surface area contributed by atoms with E-state index in [4.69, 9.17) is 14.2 Å². The SMILES string of the molecule is C[C@@H](CNC(=O)COC(=O)c1ccc(OC[C@@H]2CCCO2)cc1)c1ccccc1. The van der Waals surface area contributed by atoms with Crippen LogP contribution in [0.5, 0.6) is 5.75 Å². The fraction of sp³-hybridized carbons (Fsp3) is 0.391. The van der Waals surface area contributed by atoms with Crippen LogP contribution >= 0.6 is 0 Å². The summed E-state index contributed by atoms with van der Waals surface area (Å²) in [4.78, 5) is 24.1. The first-order valence-corrected chi connectivity index (χ1v) is 9.95. The van der Waals surface area contributed by atoms with Crippen LogP contribution in [0.25, 0.3) is 0 Å². The van der Waals surface area contributed by atoms with Crippen LogP contribution in [0.2, 0.25) is 0 Å². The third-order valence-electron chi connectivity index (χ3n) is 4.86. The van der Waals surface area contributed by atoms with Crippen LogP contribution in [0, 0.1) is 0 Å². The summed E-state index contributed by atoms with van der Waals surface area (Å²) < 4.78 is 16.3. The molecule has 154 valence electrons. The van der Waals surface area contributed by atoms with Gasteiger partial charge in [-0.3, -0.25) is 4.79 Å². The van der Waals surface area contributed by atoms with E-state index in [1.807, 2.05) is 37.3 Å². The molecule has 1 saturated heterocycles. The first-order chi connectivity index (χ1) is 14.1. The van der Waals surface area contributed by atoms with Crippen molar-refractivity contribution >= 4 is 11.9 Å². The molecule has 0 spiro atoms. The maximum absolute atomic E-state index is 12.1. The Labute approximate surface area is 171 Å². The molecule has 2 atom stereocenters. The normalized spacial score (nSPS) is 16.8. The topological polar surface area (TPSA) is 73.9 Å². The lowest BCUT2D eigenvalue weighted by molar-refractivity contribution is -0.124. The monoisotopic (exact) mass is 397 g/mol. The lowest BCUT2D eigenvalue weighted by Gasteiger charge is -2.13. The average Bonchev–Trinajstić information content (AvgIpc) is 3.29. The maximum atomic E-state index is 12.1. The summed E-state index contributed by atoms with van der Waals surface area (Å²) in [6, 6.07) is 16.6. The minimum absolute atomic E-state index is 0.141. The zero-order valence-corrected chi connectivity index (χ0v) is 16.6. The van der Waals surface area contributed by atoms with Gasteiger partial charge >= 0.3 is 5.97 Å². The molecule has 1 heterocycles. The van der Waals surface area contributed by atoms with E-state index in [0.29, 0.717) is 24.5 Å². The highest BCUT2D eigenvalue weighted by Gasteiger charge is 2.16. The van der Waals surface area contributed by atoms with Crippen molar-refractivity contribution in [2.45, 2.75) is 31.8 Å². The van der Waals surface area contributed by atoms with Gasteiger partial charge in [-0.2, -0.15) is 0 Å². The second kappa shape index (κ2) is 10.6. The van der Waals surface area contributed by atoms with Gasteiger partial charge in [0, 0.05) is 13.2 Å². The Bertz CT molecular complexity index is 785. The van der Waals surface area contributed by atoms with Crippen molar-refractivity contribution in [3.63, 3.8) is 0 Å². The summed E-state index contributed by atoms with van der Waals surface area (Å²) in [5.74, 6) is -0.0118. The Morgan fingerprint density at radius 1 is 1.14 bits per heavy atom. The maximum Gasteiger partial charge on any atom is 0.338 e. The molecule has 0 unspecified atom stereocenters. The molecule has 1 aliphatic rings. The summed E-state index contributed by atoms with van der Waals surface area (Å²) in [5.41, 5.74) is 1.52. The zero-order valence-electron chi connectivity index (χ0n) is 16.6. The highest BCUT2D eigenvalue weighted by molar-refractivity contribution is 5.91. The fourth-order valence-corrected chi connectivity index (χ4v) is 3.08. The van der Waals surface area contributed by atoms with Gasteiger partial charge in [0.2, 0.25) is 0 Å². The van der Waals surface area contributed by atoms with Crippen molar-refractivity contribution in [1.29, 1.82) is 0 Å². The molecule has 6 nitrogen and oxygen atoms in total. The third-order valence-corrected chi connectivity index (χ3v) is 4.86. The van der Waals surface area contributed by atoms with E-state index in [2.05, 4.69) is 5.32 Å². The Morgan fingerprint density at radius 2 is 1.90 bits per heavy atom. The molecule has 6 heteroatoms. The van der Waals surface area contributed by atoms with Gasteiger partial charge in [-0.05, 0) is 48.6 Å². The number of hydrogen-bond acceptors (Lipinski definition) is 5. The third kappa shape index (κ3) is 6.61. The van der Waals surface area contributed by atoms with Crippen molar-refractivity contribution in [3.8, 4) is 5.75 Å². The van der Waals surface area contributed by atoms with Crippen LogP contribution in [0.1, 0.15) is 41.6 Å². The van der Waals surface area contributed by atoms with E-state index >= 15 is 0 Å². The van der Waals surface area contributed by atoms with Crippen molar-refractivity contribution < 1.29 is 23.8 Å². The number of nitrogens with one attached hydrogen (secondary N) is 1. The molecule has 1 amide bonds. The average molecular weight is 397 g/mol. The van der Waals surface area contributed by atoms with Crippen LogP contribution < -0.4 is 10.1 Å². The minimum Gasteiger partial charge on any atom is -0.491 e. The summed E-state index contributed by atoms with van der Waals surface area (Å²) in [5, 5.41) is 2.79. The van der Waals surface area contributed by atoms with Gasteiger partial charge in [-0.15, -0.1) is 0 Å². The molecule has 0 bridgehead atoms. The molecular weight excluding hydrogens is 370 g/mol. The van der Waals surface area contributed by atoms with Crippen molar-refractivity contribution in [3.05, 3.63) is 65.7 Å². The molecule has 0 radical (unpaired) electrons. The number of carbonyl (C=O) groups is 2. The van der Waals surface area contributed by atoms with Crippen LogP contribution in [-0.4, -0.2) is 44.3 Å². The molecule has 0 aliphatic carbocycles. The van der Waals surface area contributed by atoms with E-state index < -0.39 is 5.97 Å². The van der Waals surface area contributed by atoms with Gasteiger partial charge in [-0.1, -0.05) is 37.3 Å². The van der Waals surface area contributed by atoms with Gasteiger partial charge in [0.1, 0.15) is 12.4 Å². The van der Waals surface area contributed by atoms with Crippen molar-refractivity contribution in [2.24, 2.45) is 0 Å². The molecule has 0 aromatic heterocycles. The number of hydrogen-bond donors (Lipinski definition) is 1. The summed E-state index contributed by atoms with van der Waals surface area (Å²) in [6.45, 7) is 3.50. The molecular formula is C23H27NO5. The first kappa shape index (κ1) is 20.9. The van der Waals surface area contributed by atoms with Crippen molar-refractivity contribution in [2.75, 3.05) is 26.4 Å². The second-order valence-corrected chi connectivity index (χ2v) is 7.16. The molecule has 3 rings (SSSR count). The molecule has 2 aromatic carbocycles. The highest BCUT2D eigenvalue weighted by atomic mass is 16.5. The fourth-order valence-electron chi connectivity index (χ4n) is 3.08. The van der Waals surface area contributed by atoms with Crippen LogP contribution in [0.3, 0.4) is 0 Å². The number of benzene rings is 2. The second-order valence-electron chi connectivity index (χ2n) is 7.16. The van der Waals surface area contributed by atoms with E-state index in [0.717, 1.165) is 25.0 Å². The Hall–Kier alpha value is -2.86. The molecule has 1 N–H and O–H groups in total. The number of ether oxygens (including phenoxy) is 3. The summed E-state index contributed by atoms with van der Waals surface area (Å²) in [6.07, 6.45) is 2.22. The predicted octanol–water partition coefficient (Wildman–Crippen LogP) is 3.32. The van der Waals surface area contributed by atoms with Crippen LogP contribution in [0.15, 0.2) is 54.6 Å². The standard InChI is InChI=1S/C23H27NO5/c1-17(18-6-3-2-4-7-18)14-24-22(25)16-29-23(26)19-9-11-20(12-10-19)28-15-21-8-5-13-27-21/h2-4,6-7,9-12,17,21H,5,8,13-16H2,1H3,(H,24,25)/t17-,21-/m0/s1. The molecule has 29 heavy (non-hydrogen) atoms. The van der Waals surface area contributed by atoms with Crippen LogP contribution in [0.4, 0.5) is 0 Å². The smallest absolute Gasteiger partial charge is 0.338 e. The number of carbonyl (C=O) groups excluding carboxylic acids is 2. The minimum atomic E-state index is -0.540. The summed E-state index contributed by atoms with van der Waals surface area (Å²) in [7, 11) is 0. The molecule has 1 aliphatic heterocycles. The first-order valence-electron chi connectivity index (χ1n) is 9.95. The summed E-state index contributed by atoms with van der Waals surface area (Å²) >= 11 is 0. The molecule has 1 fully saturated rings. The van der Waals surface area contributed by atoms with E-state index in [1.165, 1.54) is 0 Å². The highest BCUT2D eigenvalue weighted by Crippen LogP contribution is 2.17. The lowest BCUT2D eigenvalue weighted by Crippen LogP contribution is -2.31. The number of esters is 1. The lowest BCUT2D eigenvalue weighted by atomic mass is 10.0. The van der Waals surface area contributed by atoms with Gasteiger partial charge in [-0.25, -0.2) is 4.79 Å². The molecule has 0 saturated carbocycles. The Balaban J connectivity index is 1.37. The van der Waals surface area contributed by atoms with E-state index in [9.17, 15) is 9.59 Å². The Kier molecular flexibility index (Phi) is 7.64.